The molecule has 0 atom stereocenters. The first-order chi connectivity index (χ1) is 17.7. The van der Waals surface area contributed by atoms with Crippen molar-refractivity contribution in [2.75, 3.05) is 13.9 Å². The SMILES string of the molecule is COc1cccc(C=Cc2nc3ccccn3c(=O)c2-c2ccc3c(c2)OCO3)c1OC1CCCC1. The fourth-order valence-electron chi connectivity index (χ4n) is 4.84. The number of ether oxygens (including phenoxy) is 4. The van der Waals surface area contributed by atoms with Crippen molar-refractivity contribution in [1.29, 1.82) is 0 Å². The van der Waals surface area contributed by atoms with E-state index in [0.717, 1.165) is 18.4 Å². The Bertz CT molecular complexity index is 1520. The van der Waals surface area contributed by atoms with Gasteiger partial charge in [-0.05, 0) is 73.7 Å². The van der Waals surface area contributed by atoms with Gasteiger partial charge in [0.1, 0.15) is 5.65 Å². The Hall–Kier alpha value is -4.26. The standard InChI is InChI=1S/C29H26N2O5/c1-33-24-10-6-7-19(28(24)36-21-8-2-3-9-21)12-14-22-27(20-13-15-23-25(17-20)35-18-34-23)29(32)31-16-5-4-11-26(31)30-22/h4-7,10-17,21H,2-3,8-9,18H2,1H3. The van der Waals surface area contributed by atoms with Crippen molar-refractivity contribution in [2.24, 2.45) is 0 Å². The van der Waals surface area contributed by atoms with Crippen LogP contribution in [0.2, 0.25) is 0 Å². The first-order valence-electron chi connectivity index (χ1n) is 12.1. The van der Waals surface area contributed by atoms with Gasteiger partial charge in [0.15, 0.2) is 23.0 Å². The summed E-state index contributed by atoms with van der Waals surface area (Å²) in [7, 11) is 1.65. The topological polar surface area (TPSA) is 71.3 Å². The number of methoxy groups -OCH3 is 1. The molecule has 182 valence electrons. The Labute approximate surface area is 208 Å². The van der Waals surface area contributed by atoms with Crippen LogP contribution in [0.15, 0.2) is 65.6 Å². The van der Waals surface area contributed by atoms with E-state index in [1.165, 1.54) is 12.8 Å². The lowest BCUT2D eigenvalue weighted by atomic mass is 10.0. The largest absolute Gasteiger partial charge is 0.493 e. The molecule has 0 unspecified atom stereocenters. The van der Waals surface area contributed by atoms with Crippen LogP contribution < -0.4 is 24.5 Å². The summed E-state index contributed by atoms with van der Waals surface area (Å²) in [6, 6.07) is 16.8. The van der Waals surface area contributed by atoms with Crippen LogP contribution in [-0.2, 0) is 0 Å². The van der Waals surface area contributed by atoms with Crippen molar-refractivity contribution < 1.29 is 18.9 Å². The number of hydrogen-bond donors (Lipinski definition) is 0. The minimum Gasteiger partial charge on any atom is -0.493 e. The van der Waals surface area contributed by atoms with E-state index in [1.54, 1.807) is 17.7 Å². The molecule has 6 rings (SSSR count). The molecule has 7 heteroatoms. The van der Waals surface area contributed by atoms with Gasteiger partial charge in [-0.2, -0.15) is 0 Å². The Morgan fingerprint density at radius 3 is 2.72 bits per heavy atom. The van der Waals surface area contributed by atoms with Gasteiger partial charge in [0.25, 0.3) is 5.56 Å². The van der Waals surface area contributed by atoms with Gasteiger partial charge in [-0.25, -0.2) is 4.98 Å². The van der Waals surface area contributed by atoms with Gasteiger partial charge in [-0.15, -0.1) is 0 Å². The van der Waals surface area contributed by atoms with Crippen LogP contribution in [0.25, 0.3) is 28.9 Å². The molecule has 0 bridgehead atoms. The third-order valence-electron chi connectivity index (χ3n) is 6.66. The second kappa shape index (κ2) is 9.41. The van der Waals surface area contributed by atoms with Gasteiger partial charge in [-0.3, -0.25) is 9.20 Å². The van der Waals surface area contributed by atoms with Crippen LogP contribution in [0.4, 0.5) is 0 Å². The molecular formula is C29H26N2O5. The number of aromatic nitrogens is 2. The van der Waals surface area contributed by atoms with Crippen molar-refractivity contribution >= 4 is 17.8 Å². The minimum absolute atomic E-state index is 0.160. The minimum atomic E-state index is -0.160. The lowest BCUT2D eigenvalue weighted by Crippen LogP contribution is -2.18. The molecule has 0 N–H and O–H groups in total. The molecule has 2 aromatic heterocycles. The van der Waals surface area contributed by atoms with E-state index in [-0.39, 0.29) is 18.5 Å². The average Bonchev–Trinajstić information content (AvgIpc) is 3.60. The van der Waals surface area contributed by atoms with Crippen LogP contribution in [0.1, 0.15) is 36.9 Å². The Morgan fingerprint density at radius 1 is 1.00 bits per heavy atom. The van der Waals surface area contributed by atoms with Crippen LogP contribution in [0.3, 0.4) is 0 Å². The molecule has 36 heavy (non-hydrogen) atoms. The fourth-order valence-corrected chi connectivity index (χ4v) is 4.84. The van der Waals surface area contributed by atoms with E-state index in [9.17, 15) is 4.79 Å². The quantitative estimate of drug-likeness (QED) is 0.357. The van der Waals surface area contributed by atoms with E-state index in [2.05, 4.69) is 0 Å². The number of pyridine rings is 1. The lowest BCUT2D eigenvalue weighted by Gasteiger charge is -2.18. The highest BCUT2D eigenvalue weighted by molar-refractivity contribution is 5.82. The van der Waals surface area contributed by atoms with Crippen molar-refractivity contribution in [1.82, 2.24) is 9.38 Å². The van der Waals surface area contributed by atoms with Crippen molar-refractivity contribution in [3.63, 3.8) is 0 Å². The summed E-state index contributed by atoms with van der Waals surface area (Å²) in [6.07, 6.45) is 10.1. The van der Waals surface area contributed by atoms with E-state index in [1.807, 2.05) is 66.7 Å². The molecule has 0 spiro atoms. The zero-order valence-corrected chi connectivity index (χ0v) is 20.0. The maximum Gasteiger partial charge on any atom is 0.266 e. The lowest BCUT2D eigenvalue weighted by molar-refractivity contribution is 0.174. The van der Waals surface area contributed by atoms with Crippen LogP contribution in [-0.4, -0.2) is 29.4 Å². The summed E-state index contributed by atoms with van der Waals surface area (Å²) in [6.45, 7) is 0.167. The van der Waals surface area contributed by atoms with Crippen molar-refractivity contribution in [3.05, 3.63) is 82.4 Å². The molecule has 2 aliphatic rings. The predicted molar refractivity (Wildman–Crippen MR) is 138 cm³/mol. The smallest absolute Gasteiger partial charge is 0.266 e. The molecule has 1 saturated carbocycles. The fraction of sp³-hybridized carbons (Fsp3) is 0.241. The van der Waals surface area contributed by atoms with Crippen LogP contribution in [0, 0.1) is 0 Å². The molecule has 7 nitrogen and oxygen atoms in total. The second-order valence-corrected chi connectivity index (χ2v) is 8.91. The summed E-state index contributed by atoms with van der Waals surface area (Å²) in [5.41, 5.74) is 3.02. The zero-order chi connectivity index (χ0) is 24.5. The monoisotopic (exact) mass is 482 g/mol. The summed E-state index contributed by atoms with van der Waals surface area (Å²) in [5, 5.41) is 0. The number of para-hydroxylation sites is 1. The van der Waals surface area contributed by atoms with E-state index in [4.69, 9.17) is 23.9 Å². The van der Waals surface area contributed by atoms with Gasteiger partial charge in [0.05, 0.1) is 24.5 Å². The number of benzene rings is 2. The maximum absolute atomic E-state index is 13.6. The molecule has 1 fully saturated rings. The van der Waals surface area contributed by atoms with E-state index < -0.39 is 0 Å². The zero-order valence-electron chi connectivity index (χ0n) is 20.0. The normalized spacial score (nSPS) is 15.1. The number of rotatable bonds is 6. The maximum atomic E-state index is 13.6. The summed E-state index contributed by atoms with van der Waals surface area (Å²) >= 11 is 0. The summed E-state index contributed by atoms with van der Waals surface area (Å²) in [4.78, 5) is 18.5. The second-order valence-electron chi connectivity index (χ2n) is 8.91. The molecular weight excluding hydrogens is 456 g/mol. The Kier molecular flexibility index (Phi) is 5.81. The molecule has 1 aliphatic heterocycles. The van der Waals surface area contributed by atoms with E-state index in [0.29, 0.717) is 45.5 Å². The Morgan fingerprint density at radius 2 is 1.86 bits per heavy atom. The van der Waals surface area contributed by atoms with Gasteiger partial charge < -0.3 is 18.9 Å². The van der Waals surface area contributed by atoms with Crippen LogP contribution >= 0.6 is 0 Å². The molecule has 0 saturated heterocycles. The van der Waals surface area contributed by atoms with Gasteiger partial charge in [0, 0.05) is 11.8 Å². The molecule has 1 aliphatic carbocycles. The first-order valence-corrected chi connectivity index (χ1v) is 12.1. The third kappa shape index (κ3) is 4.06. The van der Waals surface area contributed by atoms with Gasteiger partial charge in [0.2, 0.25) is 6.79 Å². The Balaban J connectivity index is 1.47. The van der Waals surface area contributed by atoms with Crippen molar-refractivity contribution in [2.45, 2.75) is 31.8 Å². The summed E-state index contributed by atoms with van der Waals surface area (Å²) < 4.78 is 24.6. The number of nitrogens with zero attached hydrogens (tertiary/aromatic N) is 2. The molecule has 0 amide bonds. The van der Waals surface area contributed by atoms with Gasteiger partial charge in [-0.1, -0.05) is 24.3 Å². The van der Waals surface area contributed by atoms with Crippen LogP contribution in [0.5, 0.6) is 23.0 Å². The number of hydrogen-bond acceptors (Lipinski definition) is 6. The number of fused-ring (bicyclic) bond motifs is 2. The molecule has 2 aromatic carbocycles. The third-order valence-corrected chi connectivity index (χ3v) is 6.66. The van der Waals surface area contributed by atoms with Gasteiger partial charge >= 0.3 is 0 Å². The first kappa shape index (κ1) is 22.2. The summed E-state index contributed by atoms with van der Waals surface area (Å²) in [5.74, 6) is 2.67. The molecule has 3 heterocycles. The van der Waals surface area contributed by atoms with Crippen molar-refractivity contribution in [3.8, 4) is 34.1 Å². The highest BCUT2D eigenvalue weighted by Crippen LogP contribution is 2.38. The molecule has 0 radical (unpaired) electrons. The highest BCUT2D eigenvalue weighted by atomic mass is 16.7. The highest BCUT2D eigenvalue weighted by Gasteiger charge is 2.21. The average molecular weight is 483 g/mol. The van der Waals surface area contributed by atoms with E-state index >= 15 is 0 Å². The molecule has 4 aromatic rings. The predicted octanol–water partition coefficient (Wildman–Crippen LogP) is 5.59.